The molecule has 2 heterocycles. The lowest BCUT2D eigenvalue weighted by molar-refractivity contribution is -0.0496. The van der Waals surface area contributed by atoms with E-state index < -0.39 is 6.61 Å². The molecule has 0 aliphatic carbocycles. The number of anilines is 1. The normalized spacial score (nSPS) is 14.6. The number of nitrogens with two attached hydrogens (primary N) is 1. The van der Waals surface area contributed by atoms with E-state index in [-0.39, 0.29) is 11.9 Å². The Hall–Kier alpha value is -2.90. The van der Waals surface area contributed by atoms with Crippen LogP contribution in [-0.2, 0) is 0 Å². The minimum absolute atomic E-state index is 0.0894. The highest BCUT2D eigenvalue weighted by molar-refractivity contribution is 9.11. The fourth-order valence-corrected chi connectivity index (χ4v) is 5.35. The Morgan fingerprint density at radius 1 is 0.968 bits per heavy atom. The number of hydrogen-bond donors (Lipinski definition) is 1. The predicted octanol–water partition coefficient (Wildman–Crippen LogP) is 7.51. The minimum Gasteiger partial charge on any atom is -0.479 e. The fourth-order valence-electron chi connectivity index (χ4n) is 3.87. The molecule has 5 rings (SSSR count). The van der Waals surface area contributed by atoms with Crippen molar-refractivity contribution in [3.63, 3.8) is 0 Å². The second-order valence-electron chi connectivity index (χ2n) is 7.04. The van der Waals surface area contributed by atoms with Crippen LogP contribution in [0, 0.1) is 0 Å². The van der Waals surface area contributed by atoms with E-state index in [0.717, 1.165) is 30.9 Å². The van der Waals surface area contributed by atoms with E-state index in [1.165, 1.54) is 6.07 Å². The Bertz CT molecular complexity index is 1270. The first-order valence-corrected chi connectivity index (χ1v) is 11.1. The SMILES string of the molecule is Nc1ccccc1-c1ccc2c(c1)C(c1ccc(Br)s1)Oc1cccc(OC(F)F)c1-2. The third kappa shape index (κ3) is 3.68. The van der Waals surface area contributed by atoms with Crippen LogP contribution in [-0.4, -0.2) is 6.61 Å². The average molecular weight is 500 g/mol. The van der Waals surface area contributed by atoms with Crippen molar-refractivity contribution < 1.29 is 18.3 Å². The van der Waals surface area contributed by atoms with Gasteiger partial charge in [-0.15, -0.1) is 11.3 Å². The van der Waals surface area contributed by atoms with Crippen LogP contribution in [0.3, 0.4) is 0 Å². The molecule has 0 saturated heterocycles. The molecule has 1 aliphatic heterocycles. The predicted molar refractivity (Wildman–Crippen MR) is 123 cm³/mol. The van der Waals surface area contributed by atoms with Crippen molar-refractivity contribution in [2.45, 2.75) is 12.7 Å². The summed E-state index contributed by atoms with van der Waals surface area (Å²) in [5, 5.41) is 0. The van der Waals surface area contributed by atoms with Gasteiger partial charge in [0.2, 0.25) is 0 Å². The van der Waals surface area contributed by atoms with Crippen LogP contribution in [0.15, 0.2) is 76.6 Å². The molecule has 1 atom stereocenters. The Morgan fingerprint density at radius 2 is 1.81 bits per heavy atom. The summed E-state index contributed by atoms with van der Waals surface area (Å²) in [6.07, 6.45) is -0.384. The van der Waals surface area contributed by atoms with E-state index in [2.05, 4.69) is 15.9 Å². The number of nitrogen functional groups attached to an aromatic ring is 1. The molecule has 1 aromatic heterocycles. The van der Waals surface area contributed by atoms with Crippen molar-refractivity contribution in [1.82, 2.24) is 0 Å². The second kappa shape index (κ2) is 7.98. The van der Waals surface area contributed by atoms with Gasteiger partial charge < -0.3 is 15.2 Å². The summed E-state index contributed by atoms with van der Waals surface area (Å²) < 4.78 is 38.2. The molecule has 3 aromatic carbocycles. The highest BCUT2D eigenvalue weighted by Gasteiger charge is 2.31. The number of halogens is 3. The summed E-state index contributed by atoms with van der Waals surface area (Å²) in [6.45, 7) is -2.93. The zero-order valence-electron chi connectivity index (χ0n) is 16.0. The minimum atomic E-state index is -2.93. The van der Waals surface area contributed by atoms with Crippen LogP contribution in [0.5, 0.6) is 11.5 Å². The van der Waals surface area contributed by atoms with Crippen molar-refractivity contribution in [1.29, 1.82) is 0 Å². The molecular formula is C24H16BrF2NO2S. The number of fused-ring (bicyclic) bond motifs is 3. The third-order valence-electron chi connectivity index (χ3n) is 5.18. The molecule has 0 fully saturated rings. The largest absolute Gasteiger partial charge is 0.479 e. The number of hydrogen-bond acceptors (Lipinski definition) is 4. The Morgan fingerprint density at radius 3 is 2.55 bits per heavy atom. The maximum absolute atomic E-state index is 13.1. The molecule has 7 heteroatoms. The summed E-state index contributed by atoms with van der Waals surface area (Å²) in [6, 6.07) is 22.4. The maximum atomic E-state index is 13.1. The van der Waals surface area contributed by atoms with Crippen molar-refractivity contribution in [2.75, 3.05) is 5.73 Å². The molecule has 0 spiro atoms. The Balaban J connectivity index is 1.73. The van der Waals surface area contributed by atoms with Gasteiger partial charge in [0.1, 0.15) is 11.5 Å². The molecule has 0 radical (unpaired) electrons. The number of ether oxygens (including phenoxy) is 2. The van der Waals surface area contributed by atoms with Crippen LogP contribution >= 0.6 is 27.3 Å². The molecule has 0 bridgehead atoms. The standard InChI is InChI=1S/C24H16BrF2NO2S/c25-21-11-10-20(31-21)23-16-12-13(14-4-1-2-5-17(14)28)8-9-15(16)22-18(29-23)6-3-7-19(22)30-24(26)27/h1-12,23-24H,28H2. The fraction of sp³-hybridized carbons (Fsp3) is 0.0833. The van der Waals surface area contributed by atoms with Gasteiger partial charge in [0.15, 0.2) is 6.10 Å². The molecule has 0 saturated carbocycles. The summed E-state index contributed by atoms with van der Waals surface area (Å²) in [5.41, 5.74) is 10.9. The van der Waals surface area contributed by atoms with E-state index in [1.807, 2.05) is 54.6 Å². The van der Waals surface area contributed by atoms with Crippen LogP contribution in [0.1, 0.15) is 16.5 Å². The summed E-state index contributed by atoms with van der Waals surface area (Å²) in [5.74, 6) is 0.596. The number of alkyl halides is 2. The lowest BCUT2D eigenvalue weighted by Crippen LogP contribution is -2.16. The van der Waals surface area contributed by atoms with Crippen molar-refractivity contribution in [3.8, 4) is 33.8 Å². The van der Waals surface area contributed by atoms with Gasteiger partial charge in [-0.2, -0.15) is 8.78 Å². The molecule has 31 heavy (non-hydrogen) atoms. The highest BCUT2D eigenvalue weighted by Crippen LogP contribution is 2.51. The smallest absolute Gasteiger partial charge is 0.387 e. The van der Waals surface area contributed by atoms with Gasteiger partial charge in [-0.05, 0) is 63.5 Å². The lowest BCUT2D eigenvalue weighted by atomic mass is 9.88. The van der Waals surface area contributed by atoms with Gasteiger partial charge in [-0.1, -0.05) is 36.4 Å². The molecule has 3 nitrogen and oxygen atoms in total. The van der Waals surface area contributed by atoms with Crippen LogP contribution in [0.2, 0.25) is 0 Å². The first-order chi connectivity index (χ1) is 15.0. The Kier molecular flexibility index (Phi) is 5.16. The molecule has 0 amide bonds. The van der Waals surface area contributed by atoms with Gasteiger partial charge in [0, 0.05) is 16.8 Å². The van der Waals surface area contributed by atoms with Gasteiger partial charge in [0.25, 0.3) is 0 Å². The average Bonchev–Trinajstić information content (AvgIpc) is 3.19. The summed E-state index contributed by atoms with van der Waals surface area (Å²) in [4.78, 5) is 0.997. The topological polar surface area (TPSA) is 44.5 Å². The number of rotatable bonds is 4. The van der Waals surface area contributed by atoms with Crippen LogP contribution < -0.4 is 15.2 Å². The van der Waals surface area contributed by atoms with Crippen LogP contribution in [0.4, 0.5) is 14.5 Å². The monoisotopic (exact) mass is 499 g/mol. The molecule has 4 aromatic rings. The Labute approximate surface area is 190 Å². The molecule has 2 N–H and O–H groups in total. The summed E-state index contributed by atoms with van der Waals surface area (Å²) in [7, 11) is 0. The lowest BCUT2D eigenvalue weighted by Gasteiger charge is -2.30. The van der Waals surface area contributed by atoms with Crippen molar-refractivity contribution in [3.05, 3.63) is 87.0 Å². The van der Waals surface area contributed by atoms with Gasteiger partial charge in [-0.25, -0.2) is 0 Å². The number of benzene rings is 3. The molecule has 1 unspecified atom stereocenters. The van der Waals surface area contributed by atoms with Gasteiger partial charge >= 0.3 is 6.61 Å². The van der Waals surface area contributed by atoms with Gasteiger partial charge in [0.05, 0.1) is 14.2 Å². The maximum Gasteiger partial charge on any atom is 0.387 e. The van der Waals surface area contributed by atoms with E-state index >= 15 is 0 Å². The van der Waals surface area contributed by atoms with Crippen molar-refractivity contribution in [2.24, 2.45) is 0 Å². The third-order valence-corrected chi connectivity index (χ3v) is 6.84. The van der Waals surface area contributed by atoms with Crippen molar-refractivity contribution >= 4 is 33.0 Å². The second-order valence-corrected chi connectivity index (χ2v) is 9.53. The molecule has 156 valence electrons. The molecular weight excluding hydrogens is 484 g/mol. The summed E-state index contributed by atoms with van der Waals surface area (Å²) >= 11 is 5.08. The van der Waals surface area contributed by atoms with Gasteiger partial charge in [-0.3, -0.25) is 0 Å². The zero-order chi connectivity index (χ0) is 21.5. The number of thiophene rings is 1. The number of para-hydroxylation sites is 1. The van der Waals surface area contributed by atoms with E-state index in [4.69, 9.17) is 15.2 Å². The quantitative estimate of drug-likeness (QED) is 0.295. The highest BCUT2D eigenvalue weighted by atomic mass is 79.9. The van der Waals surface area contributed by atoms with E-state index in [1.54, 1.807) is 23.5 Å². The van der Waals surface area contributed by atoms with E-state index in [0.29, 0.717) is 17.0 Å². The first kappa shape index (κ1) is 20.0. The van der Waals surface area contributed by atoms with Crippen LogP contribution in [0.25, 0.3) is 22.3 Å². The zero-order valence-corrected chi connectivity index (χ0v) is 18.4. The molecule has 1 aliphatic rings. The van der Waals surface area contributed by atoms with E-state index in [9.17, 15) is 8.78 Å². The first-order valence-electron chi connectivity index (χ1n) is 9.50.